The van der Waals surface area contributed by atoms with Crippen LogP contribution in [0, 0.1) is 0 Å². The van der Waals surface area contributed by atoms with Gasteiger partial charge < -0.3 is 19.4 Å². The summed E-state index contributed by atoms with van der Waals surface area (Å²) in [6, 6.07) is 8.76. The number of hydrogen-bond acceptors (Lipinski definition) is 6. The summed E-state index contributed by atoms with van der Waals surface area (Å²) >= 11 is 0. The summed E-state index contributed by atoms with van der Waals surface area (Å²) in [5.41, 5.74) is 0.818. The SMILES string of the molecule is CCOC(=O)c1cccc(-c2coc3cc(O)c(O)cc3c2=O)c1. The van der Waals surface area contributed by atoms with Crippen molar-refractivity contribution in [3.63, 3.8) is 0 Å². The molecule has 0 saturated heterocycles. The molecule has 6 heteroatoms. The molecule has 1 aromatic heterocycles. The first-order chi connectivity index (χ1) is 11.5. The predicted octanol–water partition coefficient (Wildman–Crippen LogP) is 3.05. The molecule has 0 fully saturated rings. The van der Waals surface area contributed by atoms with Crippen LogP contribution in [-0.2, 0) is 4.74 Å². The average molecular weight is 326 g/mol. The molecule has 0 spiro atoms. The summed E-state index contributed by atoms with van der Waals surface area (Å²) < 4.78 is 10.3. The van der Waals surface area contributed by atoms with E-state index < -0.39 is 11.7 Å². The molecule has 0 radical (unpaired) electrons. The second kappa shape index (κ2) is 6.08. The largest absolute Gasteiger partial charge is 0.504 e. The van der Waals surface area contributed by atoms with Crippen LogP contribution in [0.3, 0.4) is 0 Å². The van der Waals surface area contributed by atoms with Gasteiger partial charge in [-0.15, -0.1) is 0 Å². The lowest BCUT2D eigenvalue weighted by molar-refractivity contribution is 0.0526. The van der Waals surface area contributed by atoms with Gasteiger partial charge in [-0.25, -0.2) is 4.79 Å². The van der Waals surface area contributed by atoms with E-state index in [1.165, 1.54) is 18.4 Å². The second-order valence-corrected chi connectivity index (χ2v) is 5.12. The molecule has 0 aliphatic heterocycles. The van der Waals surface area contributed by atoms with Gasteiger partial charge in [-0.05, 0) is 30.7 Å². The second-order valence-electron chi connectivity index (χ2n) is 5.12. The van der Waals surface area contributed by atoms with Crippen LogP contribution in [0.5, 0.6) is 11.5 Å². The third kappa shape index (κ3) is 2.69. The Hall–Kier alpha value is -3.28. The summed E-state index contributed by atoms with van der Waals surface area (Å²) in [7, 11) is 0. The van der Waals surface area contributed by atoms with Crippen LogP contribution in [0.1, 0.15) is 17.3 Å². The number of fused-ring (bicyclic) bond motifs is 1. The standard InChI is InChI=1S/C18H14O6/c1-2-23-18(22)11-5-3-4-10(6-11)13-9-24-16-8-15(20)14(19)7-12(16)17(13)21/h3-9,19-20H,2H2,1H3. The van der Waals surface area contributed by atoms with Crippen LogP contribution in [0.4, 0.5) is 0 Å². The Morgan fingerprint density at radius 3 is 2.67 bits per heavy atom. The van der Waals surface area contributed by atoms with E-state index in [9.17, 15) is 19.8 Å². The number of aromatic hydroxyl groups is 2. The van der Waals surface area contributed by atoms with Crippen LogP contribution in [0.15, 0.2) is 51.9 Å². The van der Waals surface area contributed by atoms with Crippen molar-refractivity contribution in [2.24, 2.45) is 0 Å². The number of hydrogen-bond donors (Lipinski definition) is 2. The van der Waals surface area contributed by atoms with E-state index in [0.29, 0.717) is 11.1 Å². The van der Waals surface area contributed by atoms with E-state index in [2.05, 4.69) is 0 Å². The topological polar surface area (TPSA) is 97.0 Å². The Bertz CT molecular complexity index is 986. The van der Waals surface area contributed by atoms with E-state index in [1.807, 2.05) is 0 Å². The quantitative estimate of drug-likeness (QED) is 0.567. The molecule has 0 saturated carbocycles. The fourth-order valence-electron chi connectivity index (χ4n) is 2.38. The minimum atomic E-state index is -0.480. The smallest absolute Gasteiger partial charge is 0.338 e. The number of carbonyl (C=O) groups excluding carboxylic acids is 1. The molecule has 0 atom stereocenters. The molecule has 6 nitrogen and oxygen atoms in total. The van der Waals surface area contributed by atoms with E-state index in [1.54, 1.807) is 25.1 Å². The highest BCUT2D eigenvalue weighted by atomic mass is 16.5. The maximum Gasteiger partial charge on any atom is 0.338 e. The Labute approximate surface area is 136 Å². The molecular weight excluding hydrogens is 312 g/mol. The monoisotopic (exact) mass is 326 g/mol. The lowest BCUT2D eigenvalue weighted by Crippen LogP contribution is -2.07. The van der Waals surface area contributed by atoms with Gasteiger partial charge in [-0.3, -0.25) is 4.79 Å². The van der Waals surface area contributed by atoms with Crippen molar-refractivity contribution < 1.29 is 24.2 Å². The van der Waals surface area contributed by atoms with E-state index in [0.717, 1.165) is 6.07 Å². The molecular formula is C18H14O6. The number of carbonyl (C=O) groups is 1. The fourth-order valence-corrected chi connectivity index (χ4v) is 2.38. The summed E-state index contributed by atoms with van der Waals surface area (Å²) in [4.78, 5) is 24.5. The van der Waals surface area contributed by atoms with Crippen molar-refractivity contribution in [3.8, 4) is 22.6 Å². The first-order valence-corrected chi connectivity index (χ1v) is 7.26. The average Bonchev–Trinajstić information content (AvgIpc) is 2.57. The minimum Gasteiger partial charge on any atom is -0.504 e. The summed E-state index contributed by atoms with van der Waals surface area (Å²) in [6.45, 7) is 1.96. The molecule has 3 rings (SSSR count). The highest BCUT2D eigenvalue weighted by Crippen LogP contribution is 2.30. The minimum absolute atomic E-state index is 0.129. The summed E-state index contributed by atoms with van der Waals surface area (Å²) in [6.07, 6.45) is 1.26. The number of rotatable bonds is 3. The molecule has 3 aromatic rings. The van der Waals surface area contributed by atoms with Gasteiger partial charge in [0.1, 0.15) is 11.8 Å². The highest BCUT2D eigenvalue weighted by molar-refractivity contribution is 5.91. The molecule has 24 heavy (non-hydrogen) atoms. The summed E-state index contributed by atoms with van der Waals surface area (Å²) in [5, 5.41) is 19.2. The predicted molar refractivity (Wildman–Crippen MR) is 87.2 cm³/mol. The highest BCUT2D eigenvalue weighted by Gasteiger charge is 2.14. The number of esters is 1. The van der Waals surface area contributed by atoms with Crippen LogP contribution in [0.25, 0.3) is 22.1 Å². The van der Waals surface area contributed by atoms with Crippen molar-refractivity contribution in [1.29, 1.82) is 0 Å². The van der Waals surface area contributed by atoms with Crippen LogP contribution in [-0.4, -0.2) is 22.8 Å². The van der Waals surface area contributed by atoms with Crippen LogP contribution in [0.2, 0.25) is 0 Å². The van der Waals surface area contributed by atoms with Crippen molar-refractivity contribution in [1.82, 2.24) is 0 Å². The molecule has 2 aromatic carbocycles. The van der Waals surface area contributed by atoms with Gasteiger partial charge in [0.2, 0.25) is 5.43 Å². The van der Waals surface area contributed by atoms with Gasteiger partial charge in [0.05, 0.1) is 23.1 Å². The zero-order valence-electron chi connectivity index (χ0n) is 12.8. The molecule has 0 unspecified atom stereocenters. The first kappa shape index (κ1) is 15.6. The number of benzene rings is 2. The lowest BCUT2D eigenvalue weighted by atomic mass is 10.0. The lowest BCUT2D eigenvalue weighted by Gasteiger charge is -2.06. The number of phenols is 2. The maximum atomic E-state index is 12.6. The number of phenolic OH excluding ortho intramolecular Hbond substituents is 2. The Kier molecular flexibility index (Phi) is 3.95. The normalized spacial score (nSPS) is 10.7. The zero-order valence-corrected chi connectivity index (χ0v) is 12.8. The third-order valence-corrected chi connectivity index (χ3v) is 3.55. The van der Waals surface area contributed by atoms with E-state index >= 15 is 0 Å². The molecule has 0 amide bonds. The van der Waals surface area contributed by atoms with Crippen molar-refractivity contribution in [2.45, 2.75) is 6.92 Å². The van der Waals surface area contributed by atoms with Crippen molar-refractivity contribution >= 4 is 16.9 Å². The Balaban J connectivity index is 2.15. The molecule has 1 heterocycles. The maximum absolute atomic E-state index is 12.6. The van der Waals surface area contributed by atoms with Gasteiger partial charge in [0, 0.05) is 6.07 Å². The third-order valence-electron chi connectivity index (χ3n) is 3.55. The Morgan fingerprint density at radius 2 is 1.92 bits per heavy atom. The van der Waals surface area contributed by atoms with Gasteiger partial charge in [-0.1, -0.05) is 12.1 Å². The first-order valence-electron chi connectivity index (χ1n) is 7.26. The van der Waals surface area contributed by atoms with E-state index in [-0.39, 0.29) is 34.3 Å². The van der Waals surface area contributed by atoms with E-state index in [4.69, 9.17) is 9.15 Å². The van der Waals surface area contributed by atoms with Gasteiger partial charge in [-0.2, -0.15) is 0 Å². The Morgan fingerprint density at radius 1 is 1.17 bits per heavy atom. The molecule has 0 aliphatic rings. The molecule has 122 valence electrons. The zero-order chi connectivity index (χ0) is 17.3. The van der Waals surface area contributed by atoms with Crippen molar-refractivity contribution in [2.75, 3.05) is 6.61 Å². The van der Waals surface area contributed by atoms with Crippen LogP contribution < -0.4 is 5.43 Å². The number of ether oxygens (including phenoxy) is 1. The summed E-state index contributed by atoms with van der Waals surface area (Å²) in [5.74, 6) is -1.26. The van der Waals surface area contributed by atoms with Gasteiger partial charge >= 0.3 is 5.97 Å². The molecule has 0 aliphatic carbocycles. The molecule has 0 bridgehead atoms. The van der Waals surface area contributed by atoms with Crippen LogP contribution >= 0.6 is 0 Å². The van der Waals surface area contributed by atoms with Gasteiger partial charge in [0.15, 0.2) is 11.5 Å². The fraction of sp³-hybridized carbons (Fsp3) is 0.111. The van der Waals surface area contributed by atoms with Gasteiger partial charge in [0.25, 0.3) is 0 Å². The molecule has 2 N–H and O–H groups in total. The van der Waals surface area contributed by atoms with Crippen molar-refractivity contribution in [3.05, 3.63) is 58.4 Å².